The van der Waals surface area contributed by atoms with Crippen LogP contribution in [0.3, 0.4) is 0 Å². The zero-order valence-electron chi connectivity index (χ0n) is 10.6. The summed E-state index contributed by atoms with van der Waals surface area (Å²) in [6, 6.07) is 10.4. The molecule has 0 fully saturated rings. The van der Waals surface area contributed by atoms with E-state index in [1.165, 1.54) is 6.07 Å². The molecule has 0 aliphatic heterocycles. The lowest BCUT2D eigenvalue weighted by molar-refractivity contribution is 0.588. The van der Waals surface area contributed by atoms with E-state index in [0.717, 1.165) is 16.5 Å². The van der Waals surface area contributed by atoms with Crippen LogP contribution in [0.25, 0.3) is 0 Å². The van der Waals surface area contributed by atoms with Gasteiger partial charge in [-0.25, -0.2) is 4.39 Å². The molecule has 0 aliphatic rings. The fourth-order valence-electron chi connectivity index (χ4n) is 1.85. The number of rotatable bonds is 5. The minimum Gasteiger partial charge on any atom is -0.312 e. The van der Waals surface area contributed by atoms with Gasteiger partial charge >= 0.3 is 0 Å². The highest BCUT2D eigenvalue weighted by atomic mass is 79.9. The van der Waals surface area contributed by atoms with Crippen molar-refractivity contribution in [3.63, 3.8) is 0 Å². The number of benzene rings is 2. The summed E-state index contributed by atoms with van der Waals surface area (Å²) in [5, 5.41) is 4.50. The molecule has 2 aromatic rings. The summed E-state index contributed by atoms with van der Waals surface area (Å²) in [6.45, 7) is 1.20. The Morgan fingerprint density at radius 1 is 1.05 bits per heavy atom. The normalized spacial score (nSPS) is 10.8. The number of hydrogen-bond acceptors (Lipinski definition) is 1. The summed E-state index contributed by atoms with van der Waals surface area (Å²) >= 11 is 15.3. The predicted molar refractivity (Wildman–Crippen MR) is 86.0 cm³/mol. The highest BCUT2D eigenvalue weighted by Crippen LogP contribution is 2.21. The molecule has 0 saturated heterocycles. The quantitative estimate of drug-likeness (QED) is 0.704. The fraction of sp³-hybridized carbons (Fsp3) is 0.200. The van der Waals surface area contributed by atoms with Crippen LogP contribution < -0.4 is 5.32 Å². The molecule has 0 heterocycles. The first-order valence-electron chi connectivity index (χ1n) is 6.15. The van der Waals surface area contributed by atoms with E-state index in [0.29, 0.717) is 28.7 Å². The van der Waals surface area contributed by atoms with Crippen LogP contribution in [-0.4, -0.2) is 6.54 Å². The largest absolute Gasteiger partial charge is 0.312 e. The third-order valence-corrected chi connectivity index (χ3v) is 3.99. The molecule has 20 heavy (non-hydrogen) atoms. The van der Waals surface area contributed by atoms with Crippen molar-refractivity contribution in [2.24, 2.45) is 0 Å². The maximum atomic E-state index is 13.5. The van der Waals surface area contributed by atoms with E-state index >= 15 is 0 Å². The van der Waals surface area contributed by atoms with E-state index < -0.39 is 0 Å². The highest BCUT2D eigenvalue weighted by Gasteiger charge is 2.04. The van der Waals surface area contributed by atoms with Crippen LogP contribution >= 0.6 is 39.1 Å². The van der Waals surface area contributed by atoms with Gasteiger partial charge in [0.2, 0.25) is 0 Å². The van der Waals surface area contributed by atoms with E-state index in [-0.39, 0.29) is 5.82 Å². The molecule has 2 rings (SSSR count). The summed E-state index contributed by atoms with van der Waals surface area (Å²) in [6.07, 6.45) is 0.769. The Labute approximate surface area is 136 Å². The number of halogens is 4. The Morgan fingerprint density at radius 2 is 1.85 bits per heavy atom. The van der Waals surface area contributed by atoms with E-state index in [9.17, 15) is 4.39 Å². The highest BCUT2D eigenvalue weighted by molar-refractivity contribution is 9.10. The second-order valence-corrected chi connectivity index (χ2v) is 6.16. The molecule has 0 spiro atoms. The number of nitrogens with one attached hydrogen (secondary N) is 1. The standard InChI is InChI=1S/C15H13BrCl2FN/c16-12-2-4-15(19)11(7-12)9-20-6-5-10-1-3-13(17)8-14(10)18/h1-4,7-8,20H,5-6,9H2. The van der Waals surface area contributed by atoms with Crippen molar-refractivity contribution >= 4 is 39.1 Å². The van der Waals surface area contributed by atoms with Gasteiger partial charge in [-0.3, -0.25) is 0 Å². The summed E-state index contributed by atoms with van der Waals surface area (Å²) in [5.41, 5.74) is 1.67. The van der Waals surface area contributed by atoms with Gasteiger partial charge in [0.1, 0.15) is 5.82 Å². The molecule has 106 valence electrons. The minimum atomic E-state index is -0.203. The van der Waals surface area contributed by atoms with Crippen LogP contribution in [0.4, 0.5) is 4.39 Å². The molecule has 0 saturated carbocycles. The summed E-state index contributed by atoms with van der Waals surface area (Å²) < 4.78 is 14.4. The van der Waals surface area contributed by atoms with Crippen LogP contribution in [0.15, 0.2) is 40.9 Å². The summed E-state index contributed by atoms with van der Waals surface area (Å²) in [7, 11) is 0. The number of hydrogen-bond donors (Lipinski definition) is 1. The van der Waals surface area contributed by atoms with Crippen molar-refractivity contribution in [1.29, 1.82) is 0 Å². The average molecular weight is 377 g/mol. The van der Waals surface area contributed by atoms with E-state index in [2.05, 4.69) is 21.2 Å². The maximum absolute atomic E-state index is 13.5. The van der Waals surface area contributed by atoms with Gasteiger partial charge in [-0.2, -0.15) is 0 Å². The van der Waals surface area contributed by atoms with Crippen LogP contribution in [0.5, 0.6) is 0 Å². The van der Waals surface area contributed by atoms with Crippen molar-refractivity contribution < 1.29 is 4.39 Å². The van der Waals surface area contributed by atoms with Gasteiger partial charge in [-0.05, 0) is 48.9 Å². The molecule has 0 unspecified atom stereocenters. The first kappa shape index (κ1) is 15.8. The molecule has 0 aliphatic carbocycles. The molecular formula is C15H13BrCl2FN. The van der Waals surface area contributed by atoms with E-state index in [1.807, 2.05) is 12.1 Å². The van der Waals surface area contributed by atoms with Crippen LogP contribution in [-0.2, 0) is 13.0 Å². The molecule has 0 radical (unpaired) electrons. The molecule has 0 amide bonds. The topological polar surface area (TPSA) is 12.0 Å². The maximum Gasteiger partial charge on any atom is 0.127 e. The first-order valence-corrected chi connectivity index (χ1v) is 7.70. The minimum absolute atomic E-state index is 0.203. The van der Waals surface area contributed by atoms with Crippen molar-refractivity contribution in [3.8, 4) is 0 Å². The second-order valence-electron chi connectivity index (χ2n) is 4.40. The Morgan fingerprint density at radius 3 is 2.60 bits per heavy atom. The summed E-state index contributed by atoms with van der Waals surface area (Å²) in [4.78, 5) is 0. The monoisotopic (exact) mass is 375 g/mol. The Kier molecular flexibility index (Phi) is 5.85. The lowest BCUT2D eigenvalue weighted by Gasteiger charge is -2.08. The third-order valence-electron chi connectivity index (χ3n) is 2.91. The van der Waals surface area contributed by atoms with Crippen molar-refractivity contribution in [3.05, 3.63) is 67.9 Å². The van der Waals surface area contributed by atoms with Crippen molar-refractivity contribution in [2.75, 3.05) is 6.54 Å². The molecule has 1 nitrogen and oxygen atoms in total. The van der Waals surface area contributed by atoms with Gasteiger partial charge in [0.15, 0.2) is 0 Å². The molecular weight excluding hydrogens is 364 g/mol. The second kappa shape index (κ2) is 7.41. The smallest absolute Gasteiger partial charge is 0.127 e. The zero-order valence-corrected chi connectivity index (χ0v) is 13.7. The third kappa shape index (κ3) is 4.45. The average Bonchev–Trinajstić information content (AvgIpc) is 2.40. The van der Waals surface area contributed by atoms with Gasteiger partial charge in [0.25, 0.3) is 0 Å². The lowest BCUT2D eigenvalue weighted by Crippen LogP contribution is -2.17. The van der Waals surface area contributed by atoms with Crippen LogP contribution in [0.2, 0.25) is 10.0 Å². The van der Waals surface area contributed by atoms with Crippen molar-refractivity contribution in [1.82, 2.24) is 5.32 Å². The molecule has 0 atom stereocenters. The van der Waals surface area contributed by atoms with Gasteiger partial charge in [-0.1, -0.05) is 45.2 Å². The molecule has 2 aromatic carbocycles. The van der Waals surface area contributed by atoms with Crippen molar-refractivity contribution in [2.45, 2.75) is 13.0 Å². The molecule has 5 heteroatoms. The first-order chi connectivity index (χ1) is 9.56. The summed E-state index contributed by atoms with van der Waals surface area (Å²) in [5.74, 6) is -0.203. The van der Waals surface area contributed by atoms with Crippen LogP contribution in [0.1, 0.15) is 11.1 Å². The van der Waals surface area contributed by atoms with E-state index in [4.69, 9.17) is 23.2 Å². The fourth-order valence-corrected chi connectivity index (χ4v) is 2.76. The van der Waals surface area contributed by atoms with Crippen LogP contribution in [0, 0.1) is 5.82 Å². The lowest BCUT2D eigenvalue weighted by atomic mass is 10.1. The Bertz CT molecular complexity index is 604. The van der Waals surface area contributed by atoms with Gasteiger partial charge in [0, 0.05) is 26.6 Å². The molecule has 0 aromatic heterocycles. The SMILES string of the molecule is Fc1ccc(Br)cc1CNCCc1ccc(Cl)cc1Cl. The Balaban J connectivity index is 1.86. The molecule has 1 N–H and O–H groups in total. The van der Waals surface area contributed by atoms with Gasteiger partial charge in [-0.15, -0.1) is 0 Å². The predicted octanol–water partition coefficient (Wildman–Crippen LogP) is 5.23. The van der Waals surface area contributed by atoms with Gasteiger partial charge < -0.3 is 5.32 Å². The van der Waals surface area contributed by atoms with E-state index in [1.54, 1.807) is 18.2 Å². The Hall–Kier alpha value is -0.610. The van der Waals surface area contributed by atoms with Gasteiger partial charge in [0.05, 0.1) is 0 Å². The zero-order chi connectivity index (χ0) is 14.5. The molecule has 0 bridgehead atoms.